The van der Waals surface area contributed by atoms with Crippen molar-refractivity contribution < 1.29 is 18.4 Å². The lowest BCUT2D eigenvalue weighted by molar-refractivity contribution is 0.101. The number of hydrogen-bond donors (Lipinski definition) is 0. The van der Waals surface area contributed by atoms with E-state index < -0.39 is 7.60 Å². The molecule has 0 saturated carbocycles. The Morgan fingerprint density at radius 1 is 1.25 bits per heavy atom. The molecule has 0 aliphatic rings. The second-order valence-corrected chi connectivity index (χ2v) is 5.77. The van der Waals surface area contributed by atoms with E-state index in [1.54, 1.807) is 24.3 Å². The normalized spacial score (nSPS) is 11.4. The fourth-order valence-corrected chi connectivity index (χ4v) is 2.17. The Kier molecular flexibility index (Phi) is 4.69. The van der Waals surface area contributed by atoms with Crippen molar-refractivity contribution in [2.45, 2.75) is 0 Å². The lowest BCUT2D eigenvalue weighted by atomic mass is 10.1. The summed E-state index contributed by atoms with van der Waals surface area (Å²) in [7, 11) is -0.798. The van der Waals surface area contributed by atoms with Crippen LogP contribution in [0.25, 0.3) is 0 Å². The van der Waals surface area contributed by atoms with Crippen molar-refractivity contribution in [3.8, 4) is 0 Å². The van der Waals surface area contributed by atoms with Crippen molar-refractivity contribution in [3.63, 3.8) is 0 Å². The molecule has 0 bridgehead atoms. The fourth-order valence-electron chi connectivity index (χ4n) is 1.11. The van der Waals surface area contributed by atoms with Crippen LogP contribution in [-0.4, -0.2) is 26.2 Å². The van der Waals surface area contributed by atoms with Crippen LogP contribution < -0.4 is 0 Å². The molecule has 1 aromatic carbocycles. The summed E-state index contributed by atoms with van der Waals surface area (Å²) < 4.78 is 21.1. The van der Waals surface area contributed by atoms with Gasteiger partial charge in [0.15, 0.2) is 5.78 Å². The molecule has 0 spiro atoms. The largest absolute Gasteiger partial charge is 0.337 e. The molecule has 0 heterocycles. The lowest BCUT2D eigenvalue weighted by Crippen LogP contribution is -2.08. The van der Waals surface area contributed by atoms with Crippen LogP contribution in [-0.2, 0) is 13.6 Å². The molecule has 88 valence electrons. The molecule has 0 amide bonds. The summed E-state index contributed by atoms with van der Waals surface area (Å²) in [5.41, 5.74) is 0.429. The van der Waals surface area contributed by atoms with Gasteiger partial charge in [0.05, 0.1) is 0 Å². The van der Waals surface area contributed by atoms with Gasteiger partial charge >= 0.3 is 7.60 Å². The maximum absolute atomic E-state index is 11.7. The van der Waals surface area contributed by atoms with E-state index >= 15 is 0 Å². The van der Waals surface area contributed by atoms with Gasteiger partial charge in [0.2, 0.25) is 0 Å². The van der Waals surface area contributed by atoms with Crippen molar-refractivity contribution >= 4 is 25.0 Å². The predicted octanol–water partition coefficient (Wildman–Crippen LogP) is 3.01. The lowest BCUT2D eigenvalue weighted by Gasteiger charge is -2.12. The van der Waals surface area contributed by atoms with Crippen LogP contribution in [0, 0.1) is 0 Å². The highest BCUT2D eigenvalue weighted by Crippen LogP contribution is 2.46. The number of carbonyl (C=O) groups excluding carboxylic acids is 1. The van der Waals surface area contributed by atoms with Crippen LogP contribution in [0.3, 0.4) is 0 Å². The van der Waals surface area contributed by atoms with E-state index in [2.05, 4.69) is 9.05 Å². The summed E-state index contributed by atoms with van der Waals surface area (Å²) in [6, 6.07) is 6.33. The molecule has 16 heavy (non-hydrogen) atoms. The van der Waals surface area contributed by atoms with E-state index in [1.807, 2.05) is 0 Å². The van der Waals surface area contributed by atoms with Gasteiger partial charge in [-0.2, -0.15) is 0 Å². The quantitative estimate of drug-likeness (QED) is 0.605. The third kappa shape index (κ3) is 3.42. The van der Waals surface area contributed by atoms with Gasteiger partial charge in [-0.15, -0.1) is 0 Å². The first kappa shape index (κ1) is 13.4. The summed E-state index contributed by atoms with van der Waals surface area (Å²) in [5.74, 6) is -0.302. The zero-order valence-corrected chi connectivity index (χ0v) is 10.6. The molecular weight excluding hydrogens is 251 g/mol. The molecule has 1 rings (SSSR count). The SMILES string of the molecule is COP(=O)(CC(=O)c1ccc(Cl)cc1)OC. The van der Waals surface area contributed by atoms with Gasteiger partial charge in [-0.05, 0) is 24.3 Å². The smallest absolute Gasteiger partial charge is 0.312 e. The Hall–Kier alpha value is -0.670. The average molecular weight is 263 g/mol. The molecule has 0 aliphatic carbocycles. The van der Waals surface area contributed by atoms with E-state index in [-0.39, 0.29) is 11.9 Å². The van der Waals surface area contributed by atoms with Gasteiger partial charge in [-0.1, -0.05) is 11.6 Å². The topological polar surface area (TPSA) is 52.6 Å². The Bertz CT molecular complexity index is 407. The maximum atomic E-state index is 11.7. The Labute approximate surface area is 99.0 Å². The molecule has 1 aromatic rings. The molecule has 0 unspecified atom stereocenters. The van der Waals surface area contributed by atoms with Crippen molar-refractivity contribution in [1.29, 1.82) is 0 Å². The summed E-state index contributed by atoms with van der Waals surface area (Å²) in [6.45, 7) is 0. The number of halogens is 1. The first-order chi connectivity index (χ1) is 7.50. The van der Waals surface area contributed by atoms with Crippen LogP contribution in [0.2, 0.25) is 5.02 Å². The number of ketones is 1. The predicted molar refractivity (Wildman–Crippen MR) is 62.3 cm³/mol. The maximum Gasteiger partial charge on any atom is 0.337 e. The third-order valence-electron chi connectivity index (χ3n) is 2.06. The number of Topliss-reactive ketones (excluding diaryl/α,β-unsaturated/α-hetero) is 1. The molecule has 0 saturated heterocycles. The molecule has 0 radical (unpaired) electrons. The van der Waals surface area contributed by atoms with E-state index in [0.29, 0.717) is 10.6 Å². The van der Waals surface area contributed by atoms with Crippen molar-refractivity contribution in [1.82, 2.24) is 0 Å². The van der Waals surface area contributed by atoms with Gasteiger partial charge in [0.1, 0.15) is 6.16 Å². The Morgan fingerprint density at radius 2 is 1.75 bits per heavy atom. The minimum Gasteiger partial charge on any atom is -0.312 e. The first-order valence-electron chi connectivity index (χ1n) is 4.50. The number of benzene rings is 1. The standard InChI is InChI=1S/C10H12ClO4P/c1-14-16(13,15-2)7-10(12)8-3-5-9(11)6-4-8/h3-6H,7H2,1-2H3. The molecule has 0 fully saturated rings. The highest BCUT2D eigenvalue weighted by molar-refractivity contribution is 7.54. The second kappa shape index (κ2) is 5.60. The van der Waals surface area contributed by atoms with Crippen LogP contribution in [0.15, 0.2) is 24.3 Å². The minimum absolute atomic E-state index is 0.276. The summed E-state index contributed by atoms with van der Waals surface area (Å²) in [5, 5.41) is 0.540. The van der Waals surface area contributed by atoms with E-state index in [9.17, 15) is 9.36 Å². The third-order valence-corrected chi connectivity index (χ3v) is 4.10. The zero-order valence-electron chi connectivity index (χ0n) is 8.97. The number of rotatable bonds is 5. The fraction of sp³-hybridized carbons (Fsp3) is 0.300. The second-order valence-electron chi connectivity index (χ2n) is 3.06. The average Bonchev–Trinajstić information content (AvgIpc) is 2.29. The molecule has 0 aliphatic heterocycles. The summed E-state index contributed by atoms with van der Waals surface area (Å²) in [6.07, 6.45) is -0.276. The summed E-state index contributed by atoms with van der Waals surface area (Å²) >= 11 is 5.69. The van der Waals surface area contributed by atoms with Crippen molar-refractivity contribution in [2.24, 2.45) is 0 Å². The summed E-state index contributed by atoms with van der Waals surface area (Å²) in [4.78, 5) is 11.7. The highest BCUT2D eigenvalue weighted by atomic mass is 35.5. The highest BCUT2D eigenvalue weighted by Gasteiger charge is 2.25. The van der Waals surface area contributed by atoms with Gasteiger partial charge in [-0.3, -0.25) is 9.36 Å². The molecular formula is C10H12ClO4P. The Balaban J connectivity index is 2.80. The van der Waals surface area contributed by atoms with Crippen LogP contribution in [0.5, 0.6) is 0 Å². The van der Waals surface area contributed by atoms with Crippen LogP contribution in [0.4, 0.5) is 0 Å². The van der Waals surface area contributed by atoms with Crippen LogP contribution in [0.1, 0.15) is 10.4 Å². The minimum atomic E-state index is -3.30. The zero-order chi connectivity index (χ0) is 12.2. The van der Waals surface area contributed by atoms with E-state index in [1.165, 1.54) is 14.2 Å². The number of carbonyl (C=O) groups is 1. The monoisotopic (exact) mass is 262 g/mol. The first-order valence-corrected chi connectivity index (χ1v) is 6.60. The van der Waals surface area contributed by atoms with E-state index in [4.69, 9.17) is 11.6 Å². The molecule has 6 heteroatoms. The van der Waals surface area contributed by atoms with Crippen molar-refractivity contribution in [3.05, 3.63) is 34.9 Å². The Morgan fingerprint density at radius 3 is 2.19 bits per heavy atom. The van der Waals surface area contributed by atoms with Gasteiger partial charge in [0.25, 0.3) is 0 Å². The molecule has 0 aromatic heterocycles. The molecule has 0 N–H and O–H groups in total. The number of hydrogen-bond acceptors (Lipinski definition) is 4. The molecule has 4 nitrogen and oxygen atoms in total. The van der Waals surface area contributed by atoms with Crippen LogP contribution >= 0.6 is 19.2 Å². The van der Waals surface area contributed by atoms with Gasteiger partial charge in [0, 0.05) is 24.8 Å². The van der Waals surface area contributed by atoms with Gasteiger partial charge in [-0.25, -0.2) is 0 Å². The van der Waals surface area contributed by atoms with E-state index in [0.717, 1.165) is 0 Å². The van der Waals surface area contributed by atoms with Crippen molar-refractivity contribution in [2.75, 3.05) is 20.4 Å². The van der Waals surface area contributed by atoms with Gasteiger partial charge < -0.3 is 9.05 Å². The molecule has 0 atom stereocenters.